The number of hydrogen-bond acceptors (Lipinski definition) is 4. The zero-order valence-electron chi connectivity index (χ0n) is 10.6. The van der Waals surface area contributed by atoms with Crippen LogP contribution < -0.4 is 14.2 Å². The Morgan fingerprint density at radius 1 is 1.44 bits per heavy atom. The van der Waals surface area contributed by atoms with Crippen molar-refractivity contribution in [2.45, 2.75) is 19.8 Å². The molecule has 0 N–H and O–H groups in total. The number of fused-ring (bicyclic) bond motifs is 1. The predicted octanol–water partition coefficient (Wildman–Crippen LogP) is 2.50. The van der Waals surface area contributed by atoms with Crippen molar-refractivity contribution in [1.82, 2.24) is 0 Å². The highest BCUT2D eigenvalue weighted by molar-refractivity contribution is 5.55. The van der Waals surface area contributed by atoms with Gasteiger partial charge in [0.25, 0.3) is 0 Å². The van der Waals surface area contributed by atoms with Crippen molar-refractivity contribution in [3.63, 3.8) is 0 Å². The highest BCUT2D eigenvalue weighted by Gasteiger charge is 2.19. The number of benzene rings is 1. The van der Waals surface area contributed by atoms with Gasteiger partial charge in [0, 0.05) is 18.1 Å². The van der Waals surface area contributed by atoms with E-state index in [0.29, 0.717) is 12.2 Å². The van der Waals surface area contributed by atoms with E-state index in [1.807, 2.05) is 25.1 Å². The minimum Gasteiger partial charge on any atom is -0.497 e. The van der Waals surface area contributed by atoms with Crippen molar-refractivity contribution in [3.8, 4) is 17.2 Å². The summed E-state index contributed by atoms with van der Waals surface area (Å²) in [7, 11) is 1.62. The molecule has 0 fully saturated rings. The van der Waals surface area contributed by atoms with Crippen LogP contribution in [-0.2, 0) is 11.2 Å². The summed E-state index contributed by atoms with van der Waals surface area (Å²) < 4.78 is 16.1. The van der Waals surface area contributed by atoms with Crippen molar-refractivity contribution < 1.29 is 19.0 Å². The van der Waals surface area contributed by atoms with Crippen molar-refractivity contribution in [2.24, 2.45) is 0 Å². The number of carbonyl (C=O) groups excluding carboxylic acids is 1. The van der Waals surface area contributed by atoms with Gasteiger partial charge in [-0.15, -0.1) is 0 Å². The fourth-order valence-corrected chi connectivity index (χ4v) is 1.93. The monoisotopic (exact) mass is 248 g/mol. The summed E-state index contributed by atoms with van der Waals surface area (Å²) in [5.41, 5.74) is 2.13. The third-order valence-electron chi connectivity index (χ3n) is 2.79. The largest absolute Gasteiger partial charge is 0.497 e. The average Bonchev–Trinajstić information content (AvgIpc) is 2.84. The molecule has 2 rings (SSSR count). The molecule has 1 aliphatic heterocycles. The van der Waals surface area contributed by atoms with Gasteiger partial charge < -0.3 is 19.0 Å². The number of hydrogen-bond donors (Lipinski definition) is 0. The third kappa shape index (κ3) is 2.64. The standard InChI is InChI=1S/C14H16O4/c1-10(4-3-5-15)6-11-7-12(16-2)8-13-14(11)18-9-17-13/h4-5,7-8H,3,6,9H2,1-2H3/b10-4-. The molecule has 4 heteroatoms. The quantitative estimate of drug-likeness (QED) is 0.593. The van der Waals surface area contributed by atoms with Crippen LogP contribution in [0.2, 0.25) is 0 Å². The van der Waals surface area contributed by atoms with Crippen LogP contribution in [-0.4, -0.2) is 20.2 Å². The van der Waals surface area contributed by atoms with Crippen molar-refractivity contribution in [2.75, 3.05) is 13.9 Å². The molecule has 0 aliphatic carbocycles. The second-order valence-electron chi connectivity index (χ2n) is 4.15. The van der Waals surface area contributed by atoms with E-state index in [2.05, 4.69) is 0 Å². The van der Waals surface area contributed by atoms with Crippen LogP contribution in [0.5, 0.6) is 17.2 Å². The van der Waals surface area contributed by atoms with Crippen LogP contribution in [0.1, 0.15) is 18.9 Å². The Balaban J connectivity index is 2.26. The van der Waals surface area contributed by atoms with Crippen LogP contribution in [0.3, 0.4) is 0 Å². The maximum Gasteiger partial charge on any atom is 0.231 e. The van der Waals surface area contributed by atoms with E-state index in [-0.39, 0.29) is 6.79 Å². The number of allylic oxidation sites excluding steroid dienone is 2. The number of ether oxygens (including phenoxy) is 3. The smallest absolute Gasteiger partial charge is 0.231 e. The van der Waals surface area contributed by atoms with E-state index in [1.54, 1.807) is 7.11 Å². The summed E-state index contributed by atoms with van der Waals surface area (Å²) in [6.07, 6.45) is 3.96. The number of rotatable bonds is 5. The normalized spacial score (nSPS) is 13.6. The minimum atomic E-state index is 0.243. The highest BCUT2D eigenvalue weighted by Crippen LogP contribution is 2.40. The number of methoxy groups -OCH3 is 1. The molecule has 0 atom stereocenters. The summed E-state index contributed by atoms with van der Waals surface area (Å²) in [5.74, 6) is 2.24. The van der Waals surface area contributed by atoms with Crippen molar-refractivity contribution >= 4 is 6.29 Å². The van der Waals surface area contributed by atoms with E-state index < -0.39 is 0 Å². The van der Waals surface area contributed by atoms with Crippen LogP contribution >= 0.6 is 0 Å². The van der Waals surface area contributed by atoms with Crippen LogP contribution in [0.4, 0.5) is 0 Å². The number of carbonyl (C=O) groups is 1. The third-order valence-corrected chi connectivity index (χ3v) is 2.79. The highest BCUT2D eigenvalue weighted by atomic mass is 16.7. The van der Waals surface area contributed by atoms with Crippen molar-refractivity contribution in [1.29, 1.82) is 0 Å². The molecule has 0 radical (unpaired) electrons. The topological polar surface area (TPSA) is 44.8 Å². The molecule has 0 amide bonds. The molecule has 18 heavy (non-hydrogen) atoms. The average molecular weight is 248 g/mol. The van der Waals surface area contributed by atoms with Gasteiger partial charge in [0.2, 0.25) is 6.79 Å². The van der Waals surface area contributed by atoms with E-state index in [4.69, 9.17) is 14.2 Å². The van der Waals surface area contributed by atoms with Crippen LogP contribution in [0, 0.1) is 0 Å². The van der Waals surface area contributed by atoms with Crippen molar-refractivity contribution in [3.05, 3.63) is 29.3 Å². The Morgan fingerprint density at radius 2 is 2.28 bits per heavy atom. The SMILES string of the molecule is COc1cc(C/C(C)=C\CC=O)c2c(c1)OCO2. The Hall–Kier alpha value is -1.97. The lowest BCUT2D eigenvalue weighted by Gasteiger charge is -2.09. The lowest BCUT2D eigenvalue weighted by molar-refractivity contribution is -0.107. The molecular formula is C14H16O4. The summed E-state index contributed by atoms with van der Waals surface area (Å²) >= 11 is 0. The first-order valence-electron chi connectivity index (χ1n) is 5.80. The molecule has 0 spiro atoms. The lowest BCUT2D eigenvalue weighted by atomic mass is 10.0. The van der Waals surface area contributed by atoms with Gasteiger partial charge in [0.05, 0.1) is 7.11 Å². The van der Waals surface area contributed by atoms with Gasteiger partial charge >= 0.3 is 0 Å². The van der Waals surface area contributed by atoms with Gasteiger partial charge in [0.15, 0.2) is 11.5 Å². The fraction of sp³-hybridized carbons (Fsp3) is 0.357. The molecule has 1 aromatic carbocycles. The Kier molecular flexibility index (Phi) is 3.87. The first-order chi connectivity index (χ1) is 8.74. The van der Waals surface area contributed by atoms with Gasteiger partial charge in [-0.1, -0.05) is 11.6 Å². The second kappa shape index (κ2) is 5.58. The zero-order valence-corrected chi connectivity index (χ0v) is 10.6. The Bertz CT molecular complexity index is 477. The zero-order chi connectivity index (χ0) is 13.0. The summed E-state index contributed by atoms with van der Waals surface area (Å²) in [6.45, 7) is 2.23. The van der Waals surface area contributed by atoms with Gasteiger partial charge in [-0.25, -0.2) is 0 Å². The molecule has 0 aromatic heterocycles. The lowest BCUT2D eigenvalue weighted by Crippen LogP contribution is -1.95. The molecule has 1 aliphatic rings. The summed E-state index contributed by atoms with van der Waals surface area (Å²) in [6, 6.07) is 3.75. The molecule has 0 saturated carbocycles. The first-order valence-corrected chi connectivity index (χ1v) is 5.80. The molecule has 1 aromatic rings. The Morgan fingerprint density at radius 3 is 3.00 bits per heavy atom. The van der Waals surface area contributed by atoms with Gasteiger partial charge in [-0.05, 0) is 19.4 Å². The van der Waals surface area contributed by atoms with E-state index in [0.717, 1.165) is 35.3 Å². The van der Waals surface area contributed by atoms with E-state index >= 15 is 0 Å². The summed E-state index contributed by atoms with van der Waals surface area (Å²) in [4.78, 5) is 10.3. The minimum absolute atomic E-state index is 0.243. The van der Waals surface area contributed by atoms with Crippen LogP contribution in [0.15, 0.2) is 23.8 Å². The van der Waals surface area contributed by atoms with Crippen LogP contribution in [0.25, 0.3) is 0 Å². The van der Waals surface area contributed by atoms with E-state index in [9.17, 15) is 4.79 Å². The summed E-state index contributed by atoms with van der Waals surface area (Å²) in [5, 5.41) is 0. The Labute approximate surface area is 106 Å². The maximum atomic E-state index is 10.3. The van der Waals surface area contributed by atoms with Gasteiger partial charge in [-0.3, -0.25) is 0 Å². The molecule has 0 bridgehead atoms. The molecule has 96 valence electrons. The molecular weight excluding hydrogens is 232 g/mol. The van der Waals surface area contributed by atoms with Gasteiger partial charge in [-0.2, -0.15) is 0 Å². The molecule has 1 heterocycles. The fourth-order valence-electron chi connectivity index (χ4n) is 1.93. The predicted molar refractivity (Wildman–Crippen MR) is 67.3 cm³/mol. The first kappa shape index (κ1) is 12.5. The number of aldehydes is 1. The molecule has 0 unspecified atom stereocenters. The van der Waals surface area contributed by atoms with E-state index in [1.165, 1.54) is 0 Å². The second-order valence-corrected chi connectivity index (χ2v) is 4.15. The molecule has 0 saturated heterocycles. The maximum absolute atomic E-state index is 10.3. The molecule has 4 nitrogen and oxygen atoms in total. The van der Waals surface area contributed by atoms with Gasteiger partial charge in [0.1, 0.15) is 12.0 Å².